The second-order valence-corrected chi connectivity index (χ2v) is 9.28. The molecule has 2 amide bonds. The van der Waals surface area contributed by atoms with Gasteiger partial charge in [-0.15, -0.1) is 13.2 Å². The highest BCUT2D eigenvalue weighted by molar-refractivity contribution is 5.86. The Kier molecular flexibility index (Phi) is 14.3. The number of esters is 1. The largest absolute Gasteiger partial charge is 0.455 e. The molecule has 0 fully saturated rings. The number of allylic oxidation sites excluding steroid dienone is 2. The summed E-state index contributed by atoms with van der Waals surface area (Å²) in [5, 5.41) is 15.5. The van der Waals surface area contributed by atoms with Crippen molar-refractivity contribution in [1.82, 2.24) is 10.6 Å². The zero-order valence-electron chi connectivity index (χ0n) is 22.6. The van der Waals surface area contributed by atoms with Gasteiger partial charge in [0.15, 0.2) is 0 Å². The number of carbonyl (C=O) groups is 3. The maximum Gasteiger partial charge on any atom is 0.306 e. The summed E-state index contributed by atoms with van der Waals surface area (Å²) in [6.45, 7) is 7.22. The minimum atomic E-state index is -0.796. The van der Waals surface area contributed by atoms with Gasteiger partial charge < -0.3 is 25.2 Å². The van der Waals surface area contributed by atoms with Crippen LogP contribution in [0.4, 0.5) is 0 Å². The van der Waals surface area contributed by atoms with E-state index in [9.17, 15) is 19.5 Å². The van der Waals surface area contributed by atoms with Gasteiger partial charge in [-0.3, -0.25) is 14.4 Å². The van der Waals surface area contributed by atoms with Gasteiger partial charge in [-0.1, -0.05) is 72.8 Å². The molecular formula is C31H40N2O6. The third-order valence-electron chi connectivity index (χ3n) is 6.14. The van der Waals surface area contributed by atoms with Crippen LogP contribution >= 0.6 is 0 Å². The third-order valence-corrected chi connectivity index (χ3v) is 6.14. The van der Waals surface area contributed by atoms with Crippen molar-refractivity contribution in [2.75, 3.05) is 20.3 Å². The molecule has 2 aromatic carbocycles. The van der Waals surface area contributed by atoms with E-state index in [0.29, 0.717) is 18.4 Å². The van der Waals surface area contributed by atoms with Crippen molar-refractivity contribution in [3.63, 3.8) is 0 Å². The average Bonchev–Trinajstić information content (AvgIpc) is 2.95. The Morgan fingerprint density at radius 1 is 0.974 bits per heavy atom. The number of aliphatic hydroxyl groups is 1. The van der Waals surface area contributed by atoms with E-state index in [2.05, 4.69) is 23.8 Å². The van der Waals surface area contributed by atoms with Crippen LogP contribution in [0.25, 0.3) is 0 Å². The Morgan fingerprint density at radius 2 is 1.64 bits per heavy atom. The number of carbonyl (C=O) groups excluding carboxylic acids is 3. The fraction of sp³-hybridized carbons (Fsp3) is 0.387. The van der Waals surface area contributed by atoms with E-state index in [4.69, 9.17) is 9.47 Å². The summed E-state index contributed by atoms with van der Waals surface area (Å²) in [7, 11) is 1.50. The van der Waals surface area contributed by atoms with Gasteiger partial charge in [0, 0.05) is 20.0 Å². The second kappa shape index (κ2) is 17.7. The summed E-state index contributed by atoms with van der Waals surface area (Å²) >= 11 is 0. The molecule has 0 spiro atoms. The summed E-state index contributed by atoms with van der Waals surface area (Å²) in [5.41, 5.74) is 1.69. The lowest BCUT2D eigenvalue weighted by Gasteiger charge is -2.29. The molecule has 0 aromatic heterocycles. The van der Waals surface area contributed by atoms with Crippen LogP contribution in [-0.2, 0) is 30.3 Å². The number of ether oxygens (including phenoxy) is 2. The number of aliphatic hydroxyl groups excluding tert-OH is 1. The minimum absolute atomic E-state index is 0.0801. The van der Waals surface area contributed by atoms with Crippen LogP contribution in [0.1, 0.15) is 42.9 Å². The molecule has 4 atom stereocenters. The Labute approximate surface area is 231 Å². The number of hydrogen-bond donors (Lipinski definition) is 3. The lowest BCUT2D eigenvalue weighted by atomic mass is 9.97. The van der Waals surface area contributed by atoms with Crippen molar-refractivity contribution in [2.24, 2.45) is 5.92 Å². The molecule has 0 saturated carbocycles. The van der Waals surface area contributed by atoms with E-state index in [0.717, 1.165) is 5.56 Å². The van der Waals surface area contributed by atoms with Crippen molar-refractivity contribution in [2.45, 2.75) is 50.3 Å². The lowest BCUT2D eigenvalue weighted by Crippen LogP contribution is -2.47. The van der Waals surface area contributed by atoms with Crippen LogP contribution in [0, 0.1) is 5.92 Å². The Bertz CT molecular complexity index is 1040. The number of nitrogens with one attached hydrogen (secondary N) is 2. The van der Waals surface area contributed by atoms with Crippen LogP contribution in [-0.4, -0.2) is 55.3 Å². The lowest BCUT2D eigenvalue weighted by molar-refractivity contribution is -0.153. The predicted octanol–water partition coefficient (Wildman–Crippen LogP) is 3.67. The molecule has 3 N–H and O–H groups in total. The van der Waals surface area contributed by atoms with E-state index >= 15 is 0 Å². The molecule has 210 valence electrons. The van der Waals surface area contributed by atoms with Crippen molar-refractivity contribution in [3.05, 3.63) is 97.1 Å². The maximum absolute atomic E-state index is 13.4. The van der Waals surface area contributed by atoms with Gasteiger partial charge in [0.1, 0.15) is 6.10 Å². The first-order chi connectivity index (χ1) is 18.9. The Balaban J connectivity index is 2.14. The molecule has 0 radical (unpaired) electrons. The zero-order chi connectivity index (χ0) is 28.5. The molecule has 2 aromatic rings. The van der Waals surface area contributed by atoms with Crippen molar-refractivity contribution in [3.8, 4) is 0 Å². The van der Waals surface area contributed by atoms with Crippen LogP contribution in [0.2, 0.25) is 0 Å². The van der Waals surface area contributed by atoms with Gasteiger partial charge in [0.05, 0.1) is 31.2 Å². The quantitative estimate of drug-likeness (QED) is 0.198. The monoisotopic (exact) mass is 536 g/mol. The molecule has 39 heavy (non-hydrogen) atoms. The molecule has 0 aliphatic heterocycles. The van der Waals surface area contributed by atoms with Crippen molar-refractivity contribution in [1.29, 1.82) is 0 Å². The first kappa shape index (κ1) is 31.5. The molecule has 0 heterocycles. The van der Waals surface area contributed by atoms with E-state index < -0.39 is 36.0 Å². The van der Waals surface area contributed by atoms with E-state index in [1.807, 2.05) is 60.7 Å². The van der Waals surface area contributed by atoms with Crippen molar-refractivity contribution >= 4 is 17.8 Å². The zero-order valence-corrected chi connectivity index (χ0v) is 22.6. The predicted molar refractivity (Wildman–Crippen MR) is 151 cm³/mol. The van der Waals surface area contributed by atoms with E-state index in [1.54, 1.807) is 12.2 Å². The highest BCUT2D eigenvalue weighted by atomic mass is 16.5. The fourth-order valence-electron chi connectivity index (χ4n) is 4.19. The molecule has 0 aliphatic carbocycles. The smallest absolute Gasteiger partial charge is 0.306 e. The van der Waals surface area contributed by atoms with E-state index in [-0.39, 0.29) is 38.4 Å². The molecular weight excluding hydrogens is 496 g/mol. The minimum Gasteiger partial charge on any atom is -0.455 e. The first-order valence-electron chi connectivity index (χ1n) is 13.1. The van der Waals surface area contributed by atoms with Gasteiger partial charge in [0.2, 0.25) is 11.8 Å². The molecule has 8 nitrogen and oxygen atoms in total. The maximum atomic E-state index is 13.4. The average molecular weight is 537 g/mol. The van der Waals surface area contributed by atoms with Crippen LogP contribution in [0.5, 0.6) is 0 Å². The van der Waals surface area contributed by atoms with Gasteiger partial charge in [-0.25, -0.2) is 0 Å². The SMILES string of the molecule is C=CCCC(=O)O[C@@H](c1ccccc1)[C@H](COC)NC(=O)[C@@H](CC=C)CC(=O)N[C@@H](CO)Cc1ccccc1. The summed E-state index contributed by atoms with van der Waals surface area (Å²) in [6, 6.07) is 17.5. The molecule has 8 heteroatoms. The number of hydrogen-bond acceptors (Lipinski definition) is 6. The van der Waals surface area contributed by atoms with Crippen LogP contribution < -0.4 is 10.6 Å². The van der Waals surface area contributed by atoms with Crippen LogP contribution in [0.15, 0.2) is 86.0 Å². The highest BCUT2D eigenvalue weighted by Gasteiger charge is 2.31. The van der Waals surface area contributed by atoms with Crippen LogP contribution in [0.3, 0.4) is 0 Å². The van der Waals surface area contributed by atoms with Gasteiger partial charge in [-0.05, 0) is 30.4 Å². The summed E-state index contributed by atoms with van der Waals surface area (Å²) in [5.74, 6) is -1.88. The highest BCUT2D eigenvalue weighted by Crippen LogP contribution is 2.24. The van der Waals surface area contributed by atoms with Gasteiger partial charge in [-0.2, -0.15) is 0 Å². The molecule has 2 rings (SSSR count). The first-order valence-corrected chi connectivity index (χ1v) is 13.1. The normalized spacial score (nSPS) is 13.8. The molecule has 0 aliphatic rings. The topological polar surface area (TPSA) is 114 Å². The van der Waals surface area contributed by atoms with Gasteiger partial charge >= 0.3 is 5.97 Å². The number of methoxy groups -OCH3 is 1. The number of benzene rings is 2. The molecule has 0 saturated heterocycles. The standard InChI is InChI=1S/C31H40N2O6/c1-4-6-18-29(36)39-30(24-16-11-8-12-17-24)27(22-38-3)33-31(37)25(13-5-2)20-28(35)32-26(21-34)19-23-14-9-7-10-15-23/h4-5,7-12,14-17,25-27,30,34H,1-2,6,13,18-22H2,3H3,(H,32,35)(H,33,37)/t25-,26+,27-,30-/m0/s1. The Hall–Kier alpha value is -3.75. The number of amides is 2. The molecule has 0 bridgehead atoms. The van der Waals surface area contributed by atoms with Gasteiger partial charge in [0.25, 0.3) is 0 Å². The Morgan fingerprint density at radius 3 is 2.23 bits per heavy atom. The van der Waals surface area contributed by atoms with Crippen molar-refractivity contribution < 1.29 is 29.0 Å². The summed E-state index contributed by atoms with van der Waals surface area (Å²) in [6.07, 6.45) is 3.68. The fourth-order valence-corrected chi connectivity index (χ4v) is 4.19. The molecule has 0 unspecified atom stereocenters. The second-order valence-electron chi connectivity index (χ2n) is 9.28. The third kappa shape index (κ3) is 11.3. The summed E-state index contributed by atoms with van der Waals surface area (Å²) in [4.78, 5) is 38.8. The summed E-state index contributed by atoms with van der Waals surface area (Å²) < 4.78 is 11.2. The van der Waals surface area contributed by atoms with E-state index in [1.165, 1.54) is 7.11 Å². The number of rotatable bonds is 18.